The van der Waals surface area contributed by atoms with Crippen LogP contribution >= 0.6 is 40.0 Å². The van der Waals surface area contributed by atoms with Gasteiger partial charge in [-0.15, -0.1) is 0 Å². The van der Waals surface area contributed by atoms with Gasteiger partial charge in [0.15, 0.2) is 5.03 Å². The van der Waals surface area contributed by atoms with Gasteiger partial charge in [0.05, 0.1) is 28.1 Å². The van der Waals surface area contributed by atoms with E-state index in [1.54, 1.807) is 23.0 Å². The van der Waals surface area contributed by atoms with Crippen LogP contribution in [0.1, 0.15) is 0 Å². The number of halogens is 2. The summed E-state index contributed by atoms with van der Waals surface area (Å²) in [5.41, 5.74) is 0.882. The number of pyridine rings is 1. The molecule has 0 spiro atoms. The van der Waals surface area contributed by atoms with Crippen LogP contribution in [-0.2, 0) is 10.8 Å². The Bertz CT molecular complexity index is 546. The van der Waals surface area contributed by atoms with Crippen LogP contribution in [0.25, 0.3) is 10.9 Å². The van der Waals surface area contributed by atoms with Gasteiger partial charge in [0, 0.05) is 18.5 Å². The normalized spacial score (nSPS) is 14.1. The fourth-order valence-electron chi connectivity index (χ4n) is 1.24. The molecular weight excluding hydrogens is 367 g/mol. The Morgan fingerprint density at radius 2 is 2.40 bits per heavy atom. The van der Waals surface area contributed by atoms with E-state index in [0.29, 0.717) is 16.6 Å². The second-order valence-corrected chi connectivity index (χ2v) is 6.50. The second kappa shape index (κ2) is 4.61. The number of hydrogen-bond acceptors (Lipinski definition) is 3. The van der Waals surface area contributed by atoms with Gasteiger partial charge in [-0.3, -0.25) is 4.21 Å². The molecule has 0 aromatic carbocycles. The van der Waals surface area contributed by atoms with Crippen LogP contribution < -0.4 is 0 Å². The molecule has 4 nitrogen and oxygen atoms in total. The molecule has 0 aliphatic rings. The average Bonchev–Trinajstić information content (AvgIpc) is 2.55. The van der Waals surface area contributed by atoms with Crippen molar-refractivity contribution in [2.45, 2.75) is 5.03 Å². The van der Waals surface area contributed by atoms with Crippen LogP contribution in [0.2, 0.25) is 5.15 Å². The first-order chi connectivity index (χ1) is 7.13. The molecule has 0 amide bonds. The van der Waals surface area contributed by atoms with Crippen molar-refractivity contribution >= 4 is 61.7 Å². The lowest BCUT2D eigenvalue weighted by Gasteiger charge is -1.95. The highest BCUT2D eigenvalue weighted by molar-refractivity contribution is 14.2. The summed E-state index contributed by atoms with van der Waals surface area (Å²) in [7, 11) is -1.10. The van der Waals surface area contributed by atoms with Crippen molar-refractivity contribution in [2.24, 2.45) is 0 Å². The first-order valence-corrected chi connectivity index (χ1v) is 9.87. The maximum Gasteiger partial charge on any atom is 0.158 e. The third-order valence-corrected chi connectivity index (χ3v) is 4.78. The van der Waals surface area contributed by atoms with Crippen molar-refractivity contribution in [3.63, 3.8) is 0 Å². The summed E-state index contributed by atoms with van der Waals surface area (Å²) >= 11 is 8.02. The summed E-state index contributed by atoms with van der Waals surface area (Å²) in [5, 5.41) is 6.07. The molecule has 0 bridgehead atoms. The van der Waals surface area contributed by atoms with Crippen LogP contribution in [0.5, 0.6) is 0 Å². The van der Waals surface area contributed by atoms with E-state index >= 15 is 0 Å². The number of nitrogens with zero attached hydrogens (tertiary/aromatic N) is 3. The Labute approximate surface area is 109 Å². The van der Waals surface area contributed by atoms with E-state index in [-0.39, 0.29) is 0 Å². The summed E-state index contributed by atoms with van der Waals surface area (Å²) in [6.07, 6.45) is 3.68. The molecule has 15 heavy (non-hydrogen) atoms. The molecule has 0 fully saturated rings. The SMILES string of the molecule is CS(=O)c1nn(PI)c2cc(Cl)ncc12. The first kappa shape index (κ1) is 11.7. The largest absolute Gasteiger partial charge is 0.253 e. The molecule has 2 aromatic heterocycles. The van der Waals surface area contributed by atoms with Crippen LogP contribution in [0, 0.1) is 0 Å². The summed E-state index contributed by atoms with van der Waals surface area (Å²) in [5.74, 6) is 0. The van der Waals surface area contributed by atoms with Crippen molar-refractivity contribution in [1.82, 2.24) is 14.5 Å². The molecule has 2 rings (SSSR count). The average molecular weight is 374 g/mol. The zero-order valence-electron chi connectivity index (χ0n) is 7.57. The molecule has 0 N–H and O–H groups in total. The molecule has 2 aromatic rings. The van der Waals surface area contributed by atoms with Gasteiger partial charge in [-0.2, -0.15) is 5.10 Å². The molecule has 2 unspecified atom stereocenters. The van der Waals surface area contributed by atoms with Gasteiger partial charge in [0.1, 0.15) is 5.15 Å². The Balaban J connectivity index is 2.81. The first-order valence-electron chi connectivity index (χ1n) is 3.88. The standard InChI is InChI=1S/C7H6ClIN3OPS/c1-15(13)7-4-3-10-6(8)2-5(4)12(11-7)14-9/h2-3,14H,1H3. The lowest BCUT2D eigenvalue weighted by atomic mass is 10.3. The number of aromatic nitrogens is 3. The van der Waals surface area contributed by atoms with E-state index in [0.717, 1.165) is 10.9 Å². The fourth-order valence-corrected chi connectivity index (χ4v) is 3.64. The van der Waals surface area contributed by atoms with E-state index in [9.17, 15) is 4.21 Å². The molecule has 2 heterocycles. The maximum atomic E-state index is 11.4. The molecule has 0 radical (unpaired) electrons. The van der Waals surface area contributed by atoms with Crippen LogP contribution in [0.15, 0.2) is 17.3 Å². The molecule has 0 saturated carbocycles. The Hall–Kier alpha value is 0.220. The van der Waals surface area contributed by atoms with Crippen molar-refractivity contribution in [1.29, 1.82) is 0 Å². The lowest BCUT2D eigenvalue weighted by molar-refractivity contribution is 0.684. The minimum atomic E-state index is -1.10. The van der Waals surface area contributed by atoms with Crippen LogP contribution in [0.4, 0.5) is 0 Å². The minimum absolute atomic E-state index is 0.423. The summed E-state index contributed by atoms with van der Waals surface area (Å²) in [4.78, 5) is 3.98. The Morgan fingerprint density at radius 1 is 1.67 bits per heavy atom. The van der Waals surface area contributed by atoms with E-state index < -0.39 is 10.8 Å². The summed E-state index contributed by atoms with van der Waals surface area (Å²) in [6.45, 7) is 0. The Morgan fingerprint density at radius 3 is 3.00 bits per heavy atom. The zero-order chi connectivity index (χ0) is 11.0. The minimum Gasteiger partial charge on any atom is -0.253 e. The van der Waals surface area contributed by atoms with E-state index in [1.807, 2.05) is 0 Å². The highest BCUT2D eigenvalue weighted by Gasteiger charge is 2.13. The van der Waals surface area contributed by atoms with Gasteiger partial charge in [0.2, 0.25) is 0 Å². The monoisotopic (exact) mass is 373 g/mol. The molecule has 8 heteroatoms. The number of hydrogen-bond donors (Lipinski definition) is 0. The van der Waals surface area contributed by atoms with E-state index in [2.05, 4.69) is 32.1 Å². The summed E-state index contributed by atoms with van der Waals surface area (Å²) < 4.78 is 13.2. The number of rotatable bonds is 2. The zero-order valence-corrected chi connectivity index (χ0v) is 12.3. The smallest absolute Gasteiger partial charge is 0.158 e. The molecule has 80 valence electrons. The van der Waals surface area contributed by atoms with Crippen LogP contribution in [-0.4, -0.2) is 25.0 Å². The lowest BCUT2D eigenvalue weighted by Crippen LogP contribution is -1.89. The van der Waals surface area contributed by atoms with Gasteiger partial charge in [0.25, 0.3) is 0 Å². The van der Waals surface area contributed by atoms with Gasteiger partial charge < -0.3 is 0 Å². The highest BCUT2D eigenvalue weighted by Crippen LogP contribution is 2.31. The third kappa shape index (κ3) is 2.18. The molecule has 2 atom stereocenters. The number of fused-ring (bicyclic) bond motifs is 1. The second-order valence-electron chi connectivity index (χ2n) is 2.78. The molecule has 0 saturated heterocycles. The molecule has 0 aliphatic heterocycles. The maximum absolute atomic E-state index is 11.4. The highest BCUT2D eigenvalue weighted by atomic mass is 127. The topological polar surface area (TPSA) is 47.8 Å². The predicted octanol–water partition coefficient (Wildman–Crippen LogP) is 2.61. The fraction of sp³-hybridized carbons (Fsp3) is 0.143. The third-order valence-electron chi connectivity index (χ3n) is 1.85. The van der Waals surface area contributed by atoms with Crippen molar-refractivity contribution < 1.29 is 4.21 Å². The van der Waals surface area contributed by atoms with Crippen molar-refractivity contribution in [3.05, 3.63) is 17.4 Å². The van der Waals surface area contributed by atoms with Gasteiger partial charge in [-0.05, 0) is 22.0 Å². The van der Waals surface area contributed by atoms with Gasteiger partial charge >= 0.3 is 0 Å². The molecular formula is C7H6ClIN3OPS. The summed E-state index contributed by atoms with van der Waals surface area (Å²) in [6, 6.07) is 1.74. The van der Waals surface area contributed by atoms with Gasteiger partial charge in [-0.1, -0.05) is 11.6 Å². The van der Waals surface area contributed by atoms with Gasteiger partial charge in [-0.25, -0.2) is 9.44 Å². The van der Waals surface area contributed by atoms with E-state index in [4.69, 9.17) is 11.6 Å². The predicted molar refractivity (Wildman–Crippen MR) is 72.6 cm³/mol. The van der Waals surface area contributed by atoms with Crippen molar-refractivity contribution in [2.75, 3.05) is 6.26 Å². The van der Waals surface area contributed by atoms with Crippen LogP contribution in [0.3, 0.4) is 0 Å². The molecule has 0 aliphatic carbocycles. The van der Waals surface area contributed by atoms with E-state index in [1.165, 1.54) is 0 Å². The Kier molecular flexibility index (Phi) is 3.59. The quantitative estimate of drug-likeness (QED) is 0.462. The van der Waals surface area contributed by atoms with Crippen molar-refractivity contribution in [3.8, 4) is 0 Å².